The van der Waals surface area contributed by atoms with E-state index in [1.807, 2.05) is 30.3 Å². The Labute approximate surface area is 159 Å². The molecular formula is C24H33NO. The number of aliphatic imine (C=N–C) groups is 1. The Balaban J connectivity index is 1.65. The molecule has 0 heterocycles. The lowest BCUT2D eigenvalue weighted by Gasteiger charge is -2.08. The molecule has 0 saturated heterocycles. The van der Waals surface area contributed by atoms with Crippen LogP contribution in [-0.4, -0.2) is 12.3 Å². The fraction of sp³-hybridized carbons (Fsp3) is 0.458. The number of para-hydroxylation sites is 1. The number of benzene rings is 2. The van der Waals surface area contributed by atoms with Gasteiger partial charge in [-0.15, -0.1) is 0 Å². The van der Waals surface area contributed by atoms with Crippen LogP contribution in [0.25, 0.3) is 0 Å². The molecule has 2 nitrogen and oxygen atoms in total. The number of rotatable bonds is 11. The highest BCUT2D eigenvalue weighted by Gasteiger charge is 2.01. The van der Waals surface area contributed by atoms with E-state index in [4.69, 9.17) is 9.73 Å². The standard InChI is InChI=1S/C24H33NO/c1-4-12-21(3)25-24-17-16-22(19-20(24)2)13-8-5-6-11-18-26-23-14-9-7-10-15-23/h7,9-10,14-17,19H,4-6,8,11-13,18H2,1-3H3. The minimum absolute atomic E-state index is 0.812. The van der Waals surface area contributed by atoms with Crippen molar-refractivity contribution in [3.8, 4) is 5.75 Å². The van der Waals surface area contributed by atoms with Gasteiger partial charge in [-0.2, -0.15) is 0 Å². The number of nitrogens with zero attached hydrogens (tertiary/aromatic N) is 1. The smallest absolute Gasteiger partial charge is 0.119 e. The molecule has 0 aliphatic heterocycles. The van der Waals surface area contributed by atoms with Gasteiger partial charge in [0.2, 0.25) is 0 Å². The SMILES string of the molecule is CCCC(C)=Nc1ccc(CCCCCCOc2ccccc2)cc1C. The van der Waals surface area contributed by atoms with E-state index < -0.39 is 0 Å². The van der Waals surface area contributed by atoms with Crippen molar-refractivity contribution in [2.75, 3.05) is 6.61 Å². The van der Waals surface area contributed by atoms with E-state index in [9.17, 15) is 0 Å². The van der Waals surface area contributed by atoms with Crippen LogP contribution >= 0.6 is 0 Å². The highest BCUT2D eigenvalue weighted by molar-refractivity contribution is 5.84. The summed E-state index contributed by atoms with van der Waals surface area (Å²) >= 11 is 0. The maximum atomic E-state index is 5.74. The Hall–Kier alpha value is -2.09. The lowest BCUT2D eigenvalue weighted by atomic mass is 10.0. The first-order chi connectivity index (χ1) is 12.7. The largest absolute Gasteiger partial charge is 0.494 e. The van der Waals surface area contributed by atoms with Crippen molar-refractivity contribution < 1.29 is 4.74 Å². The molecule has 2 rings (SSSR count). The first-order valence-electron chi connectivity index (χ1n) is 10.0. The van der Waals surface area contributed by atoms with Gasteiger partial charge >= 0.3 is 0 Å². The minimum atomic E-state index is 0.812. The van der Waals surface area contributed by atoms with Gasteiger partial charge in [-0.25, -0.2) is 0 Å². The third-order valence-electron chi connectivity index (χ3n) is 4.56. The van der Waals surface area contributed by atoms with Crippen LogP contribution in [0, 0.1) is 6.92 Å². The minimum Gasteiger partial charge on any atom is -0.494 e. The molecule has 140 valence electrons. The highest BCUT2D eigenvalue weighted by atomic mass is 16.5. The molecule has 0 fully saturated rings. The molecule has 0 amide bonds. The zero-order valence-electron chi connectivity index (χ0n) is 16.6. The predicted molar refractivity (Wildman–Crippen MR) is 113 cm³/mol. The zero-order valence-corrected chi connectivity index (χ0v) is 16.6. The monoisotopic (exact) mass is 351 g/mol. The number of ether oxygens (including phenoxy) is 1. The lowest BCUT2D eigenvalue weighted by molar-refractivity contribution is 0.304. The average molecular weight is 352 g/mol. The van der Waals surface area contributed by atoms with E-state index in [1.165, 1.54) is 36.1 Å². The summed E-state index contributed by atoms with van der Waals surface area (Å²) in [4.78, 5) is 4.75. The van der Waals surface area contributed by atoms with Gasteiger partial charge in [-0.3, -0.25) is 4.99 Å². The highest BCUT2D eigenvalue weighted by Crippen LogP contribution is 2.22. The quantitative estimate of drug-likeness (QED) is 0.313. The van der Waals surface area contributed by atoms with Crippen LogP contribution in [0.15, 0.2) is 53.5 Å². The third kappa shape index (κ3) is 7.43. The summed E-state index contributed by atoms with van der Waals surface area (Å²) in [6.07, 6.45) is 8.23. The summed E-state index contributed by atoms with van der Waals surface area (Å²) in [7, 11) is 0. The molecule has 0 aliphatic carbocycles. The van der Waals surface area contributed by atoms with Crippen LogP contribution in [0.2, 0.25) is 0 Å². The van der Waals surface area contributed by atoms with Crippen molar-refractivity contribution in [3.05, 3.63) is 59.7 Å². The van der Waals surface area contributed by atoms with E-state index in [2.05, 4.69) is 39.0 Å². The molecule has 2 aromatic rings. The molecule has 0 bridgehead atoms. The van der Waals surface area contributed by atoms with E-state index in [0.717, 1.165) is 43.7 Å². The van der Waals surface area contributed by atoms with Gasteiger partial charge in [0.25, 0.3) is 0 Å². The molecule has 0 aromatic heterocycles. The van der Waals surface area contributed by atoms with Crippen molar-refractivity contribution in [2.45, 2.75) is 65.7 Å². The Kier molecular flexibility index (Phi) is 8.95. The van der Waals surface area contributed by atoms with E-state index in [0.29, 0.717) is 0 Å². The normalized spacial score (nSPS) is 11.6. The second kappa shape index (κ2) is 11.5. The Morgan fingerprint density at radius 3 is 2.46 bits per heavy atom. The number of hydrogen-bond donors (Lipinski definition) is 0. The van der Waals surface area contributed by atoms with Crippen molar-refractivity contribution >= 4 is 11.4 Å². The lowest BCUT2D eigenvalue weighted by Crippen LogP contribution is -1.97. The Bertz CT molecular complexity index is 676. The number of aryl methyl sites for hydroxylation is 2. The van der Waals surface area contributed by atoms with Gasteiger partial charge in [0.05, 0.1) is 12.3 Å². The summed E-state index contributed by atoms with van der Waals surface area (Å²) < 4.78 is 5.74. The van der Waals surface area contributed by atoms with E-state index in [1.54, 1.807) is 0 Å². The predicted octanol–water partition coefficient (Wildman–Crippen LogP) is 7.07. The fourth-order valence-electron chi connectivity index (χ4n) is 3.11. The van der Waals surface area contributed by atoms with Crippen molar-refractivity contribution in [1.82, 2.24) is 0 Å². The van der Waals surface area contributed by atoms with Crippen LogP contribution in [0.3, 0.4) is 0 Å². The second-order valence-corrected chi connectivity index (χ2v) is 7.04. The summed E-state index contributed by atoms with van der Waals surface area (Å²) in [6, 6.07) is 16.8. The summed E-state index contributed by atoms with van der Waals surface area (Å²) in [6.45, 7) is 7.30. The van der Waals surface area contributed by atoms with E-state index >= 15 is 0 Å². The molecule has 2 aromatic carbocycles. The molecule has 0 spiro atoms. The van der Waals surface area contributed by atoms with Crippen molar-refractivity contribution in [3.63, 3.8) is 0 Å². The van der Waals surface area contributed by atoms with Gasteiger partial charge in [0.1, 0.15) is 5.75 Å². The van der Waals surface area contributed by atoms with Gasteiger partial charge in [-0.05, 0) is 68.9 Å². The van der Waals surface area contributed by atoms with Crippen LogP contribution in [0.5, 0.6) is 5.75 Å². The van der Waals surface area contributed by atoms with E-state index in [-0.39, 0.29) is 0 Å². The molecule has 0 radical (unpaired) electrons. The van der Waals surface area contributed by atoms with Gasteiger partial charge in [-0.1, -0.05) is 56.5 Å². The molecular weight excluding hydrogens is 318 g/mol. The van der Waals surface area contributed by atoms with Gasteiger partial charge in [0, 0.05) is 5.71 Å². The fourth-order valence-corrected chi connectivity index (χ4v) is 3.11. The average Bonchev–Trinajstić information content (AvgIpc) is 2.64. The van der Waals surface area contributed by atoms with Crippen LogP contribution in [-0.2, 0) is 6.42 Å². The van der Waals surface area contributed by atoms with Crippen LogP contribution in [0.4, 0.5) is 5.69 Å². The number of unbranched alkanes of at least 4 members (excludes halogenated alkanes) is 3. The first-order valence-corrected chi connectivity index (χ1v) is 10.0. The molecule has 0 unspecified atom stereocenters. The summed E-state index contributed by atoms with van der Waals surface area (Å²) in [5, 5.41) is 0. The summed E-state index contributed by atoms with van der Waals surface area (Å²) in [5.41, 5.74) is 5.06. The first kappa shape index (κ1) is 20.2. The molecule has 0 N–H and O–H groups in total. The van der Waals surface area contributed by atoms with Crippen LogP contribution < -0.4 is 4.74 Å². The molecule has 0 atom stereocenters. The van der Waals surface area contributed by atoms with Gasteiger partial charge in [0.15, 0.2) is 0 Å². The second-order valence-electron chi connectivity index (χ2n) is 7.04. The molecule has 0 aliphatic rings. The topological polar surface area (TPSA) is 21.6 Å². The van der Waals surface area contributed by atoms with Crippen molar-refractivity contribution in [2.24, 2.45) is 4.99 Å². The zero-order chi connectivity index (χ0) is 18.6. The number of hydrogen-bond acceptors (Lipinski definition) is 2. The Morgan fingerprint density at radius 1 is 0.962 bits per heavy atom. The summed E-state index contributed by atoms with van der Waals surface area (Å²) in [5.74, 6) is 0.972. The molecule has 2 heteroatoms. The molecule has 0 saturated carbocycles. The van der Waals surface area contributed by atoms with Gasteiger partial charge < -0.3 is 4.74 Å². The molecule has 26 heavy (non-hydrogen) atoms. The van der Waals surface area contributed by atoms with Crippen LogP contribution in [0.1, 0.15) is 63.5 Å². The third-order valence-corrected chi connectivity index (χ3v) is 4.56. The van der Waals surface area contributed by atoms with Crippen molar-refractivity contribution in [1.29, 1.82) is 0 Å². The maximum Gasteiger partial charge on any atom is 0.119 e. The maximum absolute atomic E-state index is 5.74. The Morgan fingerprint density at radius 2 is 1.73 bits per heavy atom.